The van der Waals surface area contributed by atoms with Gasteiger partial charge in [0.25, 0.3) is 0 Å². The minimum atomic E-state index is 0. The molecule has 1 aliphatic heterocycles. The van der Waals surface area contributed by atoms with E-state index >= 15 is 0 Å². The summed E-state index contributed by atoms with van der Waals surface area (Å²) in [5.41, 5.74) is 1.23. The Bertz CT molecular complexity index is 219. The summed E-state index contributed by atoms with van der Waals surface area (Å²) in [5.74, 6) is 0.649. The molecule has 1 aromatic heterocycles. The molecule has 1 saturated heterocycles. The van der Waals surface area contributed by atoms with Crippen molar-refractivity contribution in [3.63, 3.8) is 0 Å². The molecule has 1 atom stereocenters. The smallest absolute Gasteiger partial charge is 0.0447 e. The molecule has 66 valence electrons. The summed E-state index contributed by atoms with van der Waals surface area (Å²) in [6.45, 7) is 2.23. The Hall–Kier alpha value is -0.600. The Kier molecular flexibility index (Phi) is 3.50. The summed E-state index contributed by atoms with van der Waals surface area (Å²) in [7, 11) is 0. The van der Waals surface area contributed by atoms with Crippen molar-refractivity contribution in [1.29, 1.82) is 0 Å². The van der Waals surface area contributed by atoms with Gasteiger partial charge in [-0.25, -0.2) is 0 Å². The fourth-order valence-electron chi connectivity index (χ4n) is 1.52. The molecule has 0 radical (unpaired) electrons. The Balaban J connectivity index is 0.000000720. The average molecular weight is 185 g/mol. The van der Waals surface area contributed by atoms with Gasteiger partial charge in [0, 0.05) is 24.4 Å². The van der Waals surface area contributed by atoms with Gasteiger partial charge in [0.05, 0.1) is 0 Å². The number of rotatable bonds is 1. The minimum absolute atomic E-state index is 0. The number of pyridine rings is 1. The van der Waals surface area contributed by atoms with E-state index < -0.39 is 0 Å². The van der Waals surface area contributed by atoms with E-state index in [1.165, 1.54) is 12.1 Å². The molecule has 2 rings (SSSR count). The maximum Gasteiger partial charge on any atom is 0.0447 e. The molecular formula is C9H13ClN2. The number of aromatic nitrogens is 1. The Morgan fingerprint density at radius 1 is 1.42 bits per heavy atom. The molecule has 0 saturated carbocycles. The van der Waals surface area contributed by atoms with E-state index in [2.05, 4.69) is 22.4 Å². The zero-order valence-corrected chi connectivity index (χ0v) is 7.68. The highest BCUT2D eigenvalue weighted by molar-refractivity contribution is 5.85. The fourth-order valence-corrected chi connectivity index (χ4v) is 1.52. The SMILES string of the molecule is Cl.c1ccc([C@@H]2CCNC2)nc1. The molecular weight excluding hydrogens is 172 g/mol. The zero-order chi connectivity index (χ0) is 7.52. The van der Waals surface area contributed by atoms with E-state index in [0.29, 0.717) is 5.92 Å². The van der Waals surface area contributed by atoms with Crippen molar-refractivity contribution < 1.29 is 0 Å². The molecule has 12 heavy (non-hydrogen) atoms. The maximum atomic E-state index is 4.32. The first-order valence-electron chi connectivity index (χ1n) is 4.08. The number of hydrogen-bond donors (Lipinski definition) is 1. The van der Waals surface area contributed by atoms with E-state index in [4.69, 9.17) is 0 Å². The van der Waals surface area contributed by atoms with Gasteiger partial charge in [0.1, 0.15) is 0 Å². The molecule has 0 unspecified atom stereocenters. The monoisotopic (exact) mass is 184 g/mol. The second-order valence-corrected chi connectivity index (χ2v) is 2.94. The van der Waals surface area contributed by atoms with Gasteiger partial charge in [-0.1, -0.05) is 6.07 Å². The molecule has 1 N–H and O–H groups in total. The second-order valence-electron chi connectivity index (χ2n) is 2.94. The van der Waals surface area contributed by atoms with Crippen LogP contribution in [0.25, 0.3) is 0 Å². The number of halogens is 1. The molecule has 0 aromatic carbocycles. The Morgan fingerprint density at radius 3 is 2.92 bits per heavy atom. The third-order valence-electron chi connectivity index (χ3n) is 2.17. The van der Waals surface area contributed by atoms with Crippen molar-refractivity contribution in [3.05, 3.63) is 30.1 Å². The summed E-state index contributed by atoms with van der Waals surface area (Å²) < 4.78 is 0. The summed E-state index contributed by atoms with van der Waals surface area (Å²) in [6, 6.07) is 6.13. The predicted octanol–water partition coefficient (Wildman–Crippen LogP) is 1.58. The zero-order valence-electron chi connectivity index (χ0n) is 6.86. The van der Waals surface area contributed by atoms with Gasteiger partial charge < -0.3 is 5.32 Å². The quantitative estimate of drug-likeness (QED) is 0.717. The van der Waals surface area contributed by atoms with Crippen LogP contribution in [0, 0.1) is 0 Å². The van der Waals surface area contributed by atoms with Crippen LogP contribution >= 0.6 is 12.4 Å². The van der Waals surface area contributed by atoms with Crippen LogP contribution < -0.4 is 5.32 Å². The lowest BCUT2D eigenvalue weighted by atomic mass is 10.0. The van der Waals surface area contributed by atoms with E-state index in [9.17, 15) is 0 Å². The van der Waals surface area contributed by atoms with Crippen LogP contribution in [0.5, 0.6) is 0 Å². The molecule has 0 aliphatic carbocycles. The molecule has 0 spiro atoms. The molecule has 0 amide bonds. The van der Waals surface area contributed by atoms with Crippen molar-refractivity contribution in [2.24, 2.45) is 0 Å². The normalized spacial score (nSPS) is 21.8. The van der Waals surface area contributed by atoms with Crippen LogP contribution in [0.1, 0.15) is 18.0 Å². The van der Waals surface area contributed by atoms with Gasteiger partial charge in [0.15, 0.2) is 0 Å². The van der Waals surface area contributed by atoms with Crippen LogP contribution in [-0.4, -0.2) is 18.1 Å². The van der Waals surface area contributed by atoms with Crippen LogP contribution in [0.2, 0.25) is 0 Å². The summed E-state index contributed by atoms with van der Waals surface area (Å²) in [5, 5.41) is 3.33. The molecule has 1 fully saturated rings. The second kappa shape index (κ2) is 4.43. The van der Waals surface area contributed by atoms with Gasteiger partial charge in [-0.2, -0.15) is 0 Å². The average Bonchev–Trinajstić information content (AvgIpc) is 2.58. The first-order valence-corrected chi connectivity index (χ1v) is 4.08. The van der Waals surface area contributed by atoms with Crippen molar-refractivity contribution in [2.45, 2.75) is 12.3 Å². The van der Waals surface area contributed by atoms with Crippen LogP contribution in [0.4, 0.5) is 0 Å². The maximum absolute atomic E-state index is 4.32. The number of nitrogens with zero attached hydrogens (tertiary/aromatic N) is 1. The third kappa shape index (κ3) is 1.96. The molecule has 1 aromatic rings. The van der Waals surface area contributed by atoms with Gasteiger partial charge in [0.2, 0.25) is 0 Å². The fraction of sp³-hybridized carbons (Fsp3) is 0.444. The molecule has 3 heteroatoms. The highest BCUT2D eigenvalue weighted by atomic mass is 35.5. The highest BCUT2D eigenvalue weighted by Gasteiger charge is 2.16. The summed E-state index contributed by atoms with van der Waals surface area (Å²) in [6.07, 6.45) is 3.10. The van der Waals surface area contributed by atoms with Crippen LogP contribution in [-0.2, 0) is 0 Å². The standard InChI is InChI=1S/C9H12N2.ClH/c1-2-5-11-9(3-1)8-4-6-10-7-8;/h1-3,5,8,10H,4,6-7H2;1H/t8-;/m1./s1. The van der Waals surface area contributed by atoms with Gasteiger partial charge >= 0.3 is 0 Å². The van der Waals surface area contributed by atoms with Gasteiger partial charge in [-0.3, -0.25) is 4.98 Å². The van der Waals surface area contributed by atoms with E-state index in [1.54, 1.807) is 0 Å². The Morgan fingerprint density at radius 2 is 2.33 bits per heavy atom. The lowest BCUT2D eigenvalue weighted by Gasteiger charge is -2.05. The lowest BCUT2D eigenvalue weighted by molar-refractivity contribution is 0.735. The van der Waals surface area contributed by atoms with Gasteiger partial charge in [-0.05, 0) is 25.1 Å². The molecule has 1 aliphatic rings. The summed E-state index contributed by atoms with van der Waals surface area (Å²) in [4.78, 5) is 4.32. The number of hydrogen-bond acceptors (Lipinski definition) is 2. The van der Waals surface area contributed by atoms with Crippen molar-refractivity contribution in [1.82, 2.24) is 10.3 Å². The van der Waals surface area contributed by atoms with Crippen LogP contribution in [0.3, 0.4) is 0 Å². The van der Waals surface area contributed by atoms with E-state index in [1.807, 2.05) is 12.3 Å². The summed E-state index contributed by atoms with van der Waals surface area (Å²) >= 11 is 0. The minimum Gasteiger partial charge on any atom is -0.316 e. The van der Waals surface area contributed by atoms with Crippen LogP contribution in [0.15, 0.2) is 24.4 Å². The van der Waals surface area contributed by atoms with Crippen molar-refractivity contribution in [2.75, 3.05) is 13.1 Å². The first-order chi connectivity index (χ1) is 5.47. The van der Waals surface area contributed by atoms with Crippen molar-refractivity contribution in [3.8, 4) is 0 Å². The lowest BCUT2D eigenvalue weighted by Crippen LogP contribution is -2.08. The molecule has 2 nitrogen and oxygen atoms in total. The highest BCUT2D eigenvalue weighted by Crippen LogP contribution is 2.18. The molecule has 2 heterocycles. The first kappa shape index (κ1) is 9.49. The van der Waals surface area contributed by atoms with Gasteiger partial charge in [-0.15, -0.1) is 12.4 Å². The largest absolute Gasteiger partial charge is 0.316 e. The third-order valence-corrected chi connectivity index (χ3v) is 2.17. The topological polar surface area (TPSA) is 24.9 Å². The number of nitrogens with one attached hydrogen (secondary N) is 1. The van der Waals surface area contributed by atoms with Crippen molar-refractivity contribution >= 4 is 12.4 Å². The predicted molar refractivity (Wildman–Crippen MR) is 51.7 cm³/mol. The van der Waals surface area contributed by atoms with E-state index in [-0.39, 0.29) is 12.4 Å². The van der Waals surface area contributed by atoms with E-state index in [0.717, 1.165) is 13.1 Å². The molecule has 0 bridgehead atoms. The Labute approximate surface area is 78.8 Å².